The van der Waals surface area contributed by atoms with Crippen LogP contribution in [0.3, 0.4) is 0 Å². The normalized spacial score (nSPS) is 26.3. The van der Waals surface area contributed by atoms with E-state index in [9.17, 15) is 9.59 Å². The molecule has 2 amide bonds. The number of nitrogens with one attached hydrogen (secondary N) is 1. The molecule has 5 nitrogen and oxygen atoms in total. The lowest BCUT2D eigenvalue weighted by molar-refractivity contribution is -0.138. The first-order valence-corrected chi connectivity index (χ1v) is 6.80. The van der Waals surface area contributed by atoms with E-state index in [1.54, 1.807) is 0 Å². The standard InChI is InChI=1S/C13H23N3O2/c1-15(2)11-5-7-16(8-6-11)13(18)10-3-4-12(17)14-9-10/h10-11H,3-9H2,1-2H3,(H,14,17). The van der Waals surface area contributed by atoms with Gasteiger partial charge in [0, 0.05) is 32.1 Å². The molecule has 5 heteroatoms. The lowest BCUT2D eigenvalue weighted by Crippen LogP contribution is -2.49. The lowest BCUT2D eigenvalue weighted by atomic mass is 9.95. The highest BCUT2D eigenvalue weighted by Crippen LogP contribution is 2.19. The summed E-state index contributed by atoms with van der Waals surface area (Å²) < 4.78 is 0. The van der Waals surface area contributed by atoms with Crippen LogP contribution < -0.4 is 5.32 Å². The van der Waals surface area contributed by atoms with Crippen LogP contribution in [0.4, 0.5) is 0 Å². The molecule has 2 fully saturated rings. The van der Waals surface area contributed by atoms with E-state index in [2.05, 4.69) is 24.3 Å². The van der Waals surface area contributed by atoms with Gasteiger partial charge in [-0.1, -0.05) is 0 Å². The van der Waals surface area contributed by atoms with Crippen molar-refractivity contribution in [2.24, 2.45) is 5.92 Å². The molecule has 2 aliphatic rings. The molecule has 1 unspecified atom stereocenters. The molecule has 0 aromatic rings. The molecule has 0 radical (unpaired) electrons. The van der Waals surface area contributed by atoms with Gasteiger partial charge in [0.05, 0.1) is 5.92 Å². The average Bonchev–Trinajstić information content (AvgIpc) is 2.39. The molecular weight excluding hydrogens is 230 g/mol. The second kappa shape index (κ2) is 5.69. The highest BCUT2D eigenvalue weighted by atomic mass is 16.2. The minimum absolute atomic E-state index is 0.00129. The molecule has 0 saturated carbocycles. The molecule has 0 aromatic carbocycles. The number of hydrogen-bond acceptors (Lipinski definition) is 3. The number of rotatable bonds is 2. The van der Waals surface area contributed by atoms with Crippen LogP contribution in [0.1, 0.15) is 25.7 Å². The topological polar surface area (TPSA) is 52.7 Å². The molecule has 0 spiro atoms. The molecule has 2 saturated heterocycles. The predicted octanol–water partition coefficient (Wildman–Crippen LogP) is 0.0652. The zero-order chi connectivity index (χ0) is 13.1. The number of amides is 2. The van der Waals surface area contributed by atoms with E-state index in [1.807, 2.05) is 4.90 Å². The predicted molar refractivity (Wildman–Crippen MR) is 69.0 cm³/mol. The van der Waals surface area contributed by atoms with Crippen molar-refractivity contribution in [3.63, 3.8) is 0 Å². The van der Waals surface area contributed by atoms with Gasteiger partial charge in [-0.05, 0) is 33.4 Å². The first kappa shape index (κ1) is 13.3. The van der Waals surface area contributed by atoms with E-state index in [1.165, 1.54) is 0 Å². The van der Waals surface area contributed by atoms with Gasteiger partial charge in [0.1, 0.15) is 0 Å². The van der Waals surface area contributed by atoms with Gasteiger partial charge in [0.25, 0.3) is 0 Å². The van der Waals surface area contributed by atoms with Crippen LogP contribution in [0.25, 0.3) is 0 Å². The molecule has 0 aromatic heterocycles. The molecule has 102 valence electrons. The highest BCUT2D eigenvalue weighted by molar-refractivity contribution is 5.83. The maximum absolute atomic E-state index is 12.3. The fourth-order valence-corrected chi connectivity index (χ4v) is 2.80. The van der Waals surface area contributed by atoms with Crippen LogP contribution in [-0.2, 0) is 9.59 Å². The zero-order valence-corrected chi connectivity index (χ0v) is 11.3. The Bertz CT molecular complexity index is 312. The fourth-order valence-electron chi connectivity index (χ4n) is 2.80. The molecule has 1 atom stereocenters. The Hall–Kier alpha value is -1.10. The minimum atomic E-state index is -0.00129. The molecule has 2 rings (SSSR count). The summed E-state index contributed by atoms with van der Waals surface area (Å²) in [6, 6.07) is 0.597. The van der Waals surface area contributed by atoms with Gasteiger partial charge >= 0.3 is 0 Å². The third-order valence-corrected chi connectivity index (χ3v) is 4.12. The van der Waals surface area contributed by atoms with Gasteiger partial charge in [-0.25, -0.2) is 0 Å². The van der Waals surface area contributed by atoms with E-state index >= 15 is 0 Å². The van der Waals surface area contributed by atoms with E-state index in [-0.39, 0.29) is 17.7 Å². The van der Waals surface area contributed by atoms with Crippen LogP contribution in [0.2, 0.25) is 0 Å². The molecule has 1 N–H and O–H groups in total. The van der Waals surface area contributed by atoms with Crippen molar-refractivity contribution in [3.05, 3.63) is 0 Å². The van der Waals surface area contributed by atoms with Gasteiger partial charge < -0.3 is 15.1 Å². The van der Waals surface area contributed by atoms with E-state index < -0.39 is 0 Å². The van der Waals surface area contributed by atoms with E-state index in [0.717, 1.165) is 25.9 Å². The summed E-state index contributed by atoms with van der Waals surface area (Å²) >= 11 is 0. The molecule has 2 aliphatic heterocycles. The molecule has 18 heavy (non-hydrogen) atoms. The highest BCUT2D eigenvalue weighted by Gasteiger charge is 2.30. The van der Waals surface area contributed by atoms with Crippen LogP contribution >= 0.6 is 0 Å². The third kappa shape index (κ3) is 3.02. The minimum Gasteiger partial charge on any atom is -0.355 e. The summed E-state index contributed by atoms with van der Waals surface area (Å²) in [4.78, 5) is 27.6. The van der Waals surface area contributed by atoms with E-state index in [0.29, 0.717) is 25.4 Å². The second-order valence-electron chi connectivity index (χ2n) is 5.56. The van der Waals surface area contributed by atoms with Gasteiger partial charge in [-0.15, -0.1) is 0 Å². The Morgan fingerprint density at radius 3 is 2.44 bits per heavy atom. The maximum Gasteiger partial charge on any atom is 0.227 e. The first-order valence-electron chi connectivity index (χ1n) is 6.80. The summed E-state index contributed by atoms with van der Waals surface area (Å²) in [5.74, 6) is 0.302. The number of likely N-dealkylation sites (tertiary alicyclic amines) is 1. The summed E-state index contributed by atoms with van der Waals surface area (Å²) in [5.41, 5.74) is 0. The van der Waals surface area contributed by atoms with Gasteiger partial charge in [-0.2, -0.15) is 0 Å². The van der Waals surface area contributed by atoms with Crippen LogP contribution in [0.15, 0.2) is 0 Å². The zero-order valence-electron chi connectivity index (χ0n) is 11.3. The van der Waals surface area contributed by atoms with E-state index in [4.69, 9.17) is 0 Å². The molecular formula is C13H23N3O2. The summed E-state index contributed by atoms with van der Waals surface area (Å²) in [7, 11) is 4.19. The lowest BCUT2D eigenvalue weighted by Gasteiger charge is -2.37. The first-order chi connectivity index (χ1) is 8.58. The van der Waals surface area contributed by atoms with Crippen molar-refractivity contribution in [2.45, 2.75) is 31.7 Å². The van der Waals surface area contributed by atoms with Crippen molar-refractivity contribution in [3.8, 4) is 0 Å². The third-order valence-electron chi connectivity index (χ3n) is 4.12. The van der Waals surface area contributed by atoms with Crippen molar-refractivity contribution in [1.82, 2.24) is 15.1 Å². The smallest absolute Gasteiger partial charge is 0.227 e. The molecule has 0 aliphatic carbocycles. The largest absolute Gasteiger partial charge is 0.355 e. The molecule has 0 bridgehead atoms. The van der Waals surface area contributed by atoms with Crippen molar-refractivity contribution in [1.29, 1.82) is 0 Å². The monoisotopic (exact) mass is 253 g/mol. The van der Waals surface area contributed by atoms with Gasteiger partial charge in [0.15, 0.2) is 0 Å². The second-order valence-corrected chi connectivity index (χ2v) is 5.56. The Balaban J connectivity index is 1.82. The Labute approximate surface area is 108 Å². The van der Waals surface area contributed by atoms with Crippen molar-refractivity contribution in [2.75, 3.05) is 33.7 Å². The van der Waals surface area contributed by atoms with Crippen LogP contribution in [0.5, 0.6) is 0 Å². The molecule has 2 heterocycles. The number of nitrogens with zero attached hydrogens (tertiary/aromatic N) is 2. The summed E-state index contributed by atoms with van der Waals surface area (Å²) in [6.45, 7) is 2.23. The average molecular weight is 253 g/mol. The number of piperidine rings is 2. The maximum atomic E-state index is 12.3. The number of carbonyl (C=O) groups is 2. The Kier molecular flexibility index (Phi) is 4.22. The van der Waals surface area contributed by atoms with Crippen LogP contribution in [-0.4, -0.2) is 61.4 Å². The number of hydrogen-bond donors (Lipinski definition) is 1. The Morgan fingerprint density at radius 2 is 1.94 bits per heavy atom. The summed E-state index contributed by atoms with van der Waals surface area (Å²) in [5, 5.41) is 2.78. The van der Waals surface area contributed by atoms with Gasteiger partial charge in [-0.3, -0.25) is 9.59 Å². The van der Waals surface area contributed by atoms with Crippen molar-refractivity contribution >= 4 is 11.8 Å². The van der Waals surface area contributed by atoms with Gasteiger partial charge in [0.2, 0.25) is 11.8 Å². The summed E-state index contributed by atoms with van der Waals surface area (Å²) in [6.07, 6.45) is 3.30. The quantitative estimate of drug-likeness (QED) is 0.757. The van der Waals surface area contributed by atoms with Crippen LogP contribution in [0, 0.1) is 5.92 Å². The van der Waals surface area contributed by atoms with Crippen molar-refractivity contribution < 1.29 is 9.59 Å². The number of carbonyl (C=O) groups excluding carboxylic acids is 2. The fraction of sp³-hybridized carbons (Fsp3) is 0.846. The SMILES string of the molecule is CN(C)C1CCN(C(=O)C2CCC(=O)NC2)CC1. The Morgan fingerprint density at radius 1 is 1.28 bits per heavy atom.